The number of carbonyl (C=O) groups is 2. The molecule has 47 heavy (non-hydrogen) atoms. The summed E-state index contributed by atoms with van der Waals surface area (Å²) in [4.78, 5) is 25.3. The van der Waals surface area contributed by atoms with Crippen molar-refractivity contribution in [1.29, 1.82) is 0 Å². The third-order valence-corrected chi connectivity index (χ3v) is 11.2. The fraction of sp³-hybridized carbons (Fsp3) is 0.600. The molecule has 2 fully saturated rings. The lowest BCUT2D eigenvalue weighted by Crippen LogP contribution is -2.59. The van der Waals surface area contributed by atoms with Gasteiger partial charge in [0.25, 0.3) is 0 Å². The predicted octanol–water partition coefficient (Wildman–Crippen LogP) is 8.97. The van der Waals surface area contributed by atoms with Crippen LogP contribution in [0, 0.1) is 29.6 Å². The second-order valence-corrected chi connectivity index (χ2v) is 15.4. The molecule has 0 bridgehead atoms. The number of hydrogen-bond donors (Lipinski definition) is 1. The van der Waals surface area contributed by atoms with Crippen LogP contribution in [-0.4, -0.2) is 37.5 Å². The molecule has 4 rings (SSSR count). The van der Waals surface area contributed by atoms with E-state index in [1.807, 2.05) is 44.2 Å². The summed E-state index contributed by atoms with van der Waals surface area (Å²) in [6.07, 6.45) is 17.2. The van der Waals surface area contributed by atoms with Gasteiger partial charge in [-0.25, -0.2) is 9.48 Å². The molecule has 1 heterocycles. The average Bonchev–Trinajstić information content (AvgIpc) is 3.48. The van der Waals surface area contributed by atoms with E-state index in [1.165, 1.54) is 16.7 Å². The van der Waals surface area contributed by atoms with Gasteiger partial charge in [-0.15, -0.1) is 5.10 Å². The van der Waals surface area contributed by atoms with Gasteiger partial charge in [-0.2, -0.15) is 0 Å². The summed E-state index contributed by atoms with van der Waals surface area (Å²) in [5.41, 5.74) is 4.98. The second-order valence-electron chi connectivity index (χ2n) is 15.4. The summed E-state index contributed by atoms with van der Waals surface area (Å²) in [5, 5.41) is 19.7. The molecule has 7 heteroatoms. The normalized spacial score (nSPS) is 26.7. The maximum Gasteiger partial charge on any atom is 0.333 e. The number of allylic oxidation sites excluding steroid dienone is 5. The molecule has 0 spiro atoms. The van der Waals surface area contributed by atoms with Crippen LogP contribution in [0.2, 0.25) is 0 Å². The van der Waals surface area contributed by atoms with Crippen LogP contribution in [0.15, 0.2) is 65.4 Å². The van der Waals surface area contributed by atoms with Crippen LogP contribution < -0.4 is 0 Å². The van der Waals surface area contributed by atoms with Crippen LogP contribution in [-0.2, 0) is 20.9 Å². The molecule has 2 aromatic rings. The first kappa shape index (κ1) is 36.5. The van der Waals surface area contributed by atoms with Gasteiger partial charge in [0.2, 0.25) is 0 Å². The van der Waals surface area contributed by atoms with Gasteiger partial charge >= 0.3 is 5.97 Å². The summed E-state index contributed by atoms with van der Waals surface area (Å²) in [5.74, 6) is 0.584. The molecule has 2 aliphatic rings. The number of fused-ring (bicyclic) bond motifs is 1. The third-order valence-electron chi connectivity index (χ3n) is 11.2. The number of ether oxygens (including phenoxy) is 1. The maximum atomic E-state index is 12.8. The van der Waals surface area contributed by atoms with Gasteiger partial charge < -0.3 is 9.84 Å². The Hall–Kier alpha value is -3.32. The zero-order valence-corrected chi connectivity index (χ0v) is 30.1. The Bertz CT molecular complexity index is 1490. The summed E-state index contributed by atoms with van der Waals surface area (Å²) >= 11 is 0. The standard InChI is InChI=1S/C40H57N3O4/c1-28(14-10-16-31(4)37(45)47-27-32-26-43(42-41-32)33-20-18-30(3)19-21-33)12-9-13-29(2)15-11-17-35-39(7)24-23-36(44)38(5,6)34(39)22-25-40(35,8)46/h12,15-16,18-21,26,34-35,46H,9-11,13-14,17,22-25,27H2,1-8H3/b28-12+,29-15+,31-16+/t34-,35-,39+,40-/m1/s1. The topological polar surface area (TPSA) is 94.3 Å². The highest BCUT2D eigenvalue weighted by Crippen LogP contribution is 2.62. The monoisotopic (exact) mass is 643 g/mol. The molecule has 2 saturated carbocycles. The van der Waals surface area contributed by atoms with Crippen molar-refractivity contribution in [1.82, 2.24) is 15.0 Å². The minimum absolute atomic E-state index is 0.00623. The first-order valence-corrected chi connectivity index (χ1v) is 17.5. The number of rotatable bonds is 13. The zero-order valence-electron chi connectivity index (χ0n) is 30.1. The smallest absolute Gasteiger partial charge is 0.333 e. The van der Waals surface area contributed by atoms with Gasteiger partial charge in [0.15, 0.2) is 0 Å². The zero-order chi connectivity index (χ0) is 34.4. The first-order chi connectivity index (χ1) is 22.1. The van der Waals surface area contributed by atoms with Crippen LogP contribution in [0.5, 0.6) is 0 Å². The fourth-order valence-corrected chi connectivity index (χ4v) is 8.26. The van der Waals surface area contributed by atoms with Crippen molar-refractivity contribution < 1.29 is 19.4 Å². The molecule has 0 unspecified atom stereocenters. The molecule has 0 amide bonds. The van der Waals surface area contributed by atoms with Crippen molar-refractivity contribution in [2.24, 2.45) is 22.7 Å². The molecule has 1 N–H and O–H groups in total. The number of aromatic nitrogens is 3. The number of aryl methyl sites for hydroxylation is 1. The van der Waals surface area contributed by atoms with Crippen molar-refractivity contribution in [3.63, 3.8) is 0 Å². The Kier molecular flexibility index (Phi) is 11.9. The van der Waals surface area contributed by atoms with Gasteiger partial charge in [0.05, 0.1) is 17.5 Å². The summed E-state index contributed by atoms with van der Waals surface area (Å²) in [7, 11) is 0. The van der Waals surface area contributed by atoms with Crippen LogP contribution in [0.3, 0.4) is 0 Å². The quantitative estimate of drug-likeness (QED) is 0.133. The van der Waals surface area contributed by atoms with E-state index in [9.17, 15) is 14.7 Å². The largest absolute Gasteiger partial charge is 0.456 e. The first-order valence-electron chi connectivity index (χ1n) is 17.5. The van der Waals surface area contributed by atoms with Crippen molar-refractivity contribution in [3.05, 3.63) is 76.7 Å². The van der Waals surface area contributed by atoms with Crippen LogP contribution in [0.25, 0.3) is 5.69 Å². The maximum absolute atomic E-state index is 12.8. The highest BCUT2D eigenvalue weighted by molar-refractivity contribution is 5.87. The summed E-state index contributed by atoms with van der Waals surface area (Å²) < 4.78 is 7.14. The van der Waals surface area contributed by atoms with Gasteiger partial charge in [-0.3, -0.25) is 4.79 Å². The van der Waals surface area contributed by atoms with Crippen LogP contribution in [0.1, 0.15) is 124 Å². The number of esters is 1. The van der Waals surface area contributed by atoms with E-state index in [4.69, 9.17) is 4.74 Å². The molecule has 0 saturated heterocycles. The number of carbonyl (C=O) groups excluding carboxylic acids is 2. The van der Waals surface area contributed by atoms with E-state index in [1.54, 1.807) is 17.8 Å². The Morgan fingerprint density at radius 1 is 0.979 bits per heavy atom. The van der Waals surface area contributed by atoms with Gasteiger partial charge in [-0.05, 0) is 122 Å². The molecule has 4 atom stereocenters. The number of hydrogen-bond acceptors (Lipinski definition) is 6. The van der Waals surface area contributed by atoms with Gasteiger partial charge in [0, 0.05) is 17.4 Å². The van der Waals surface area contributed by atoms with E-state index in [-0.39, 0.29) is 29.3 Å². The summed E-state index contributed by atoms with van der Waals surface area (Å²) in [6.45, 7) is 16.9. The van der Waals surface area contributed by atoms with Crippen LogP contribution >= 0.6 is 0 Å². The lowest BCUT2D eigenvalue weighted by molar-refractivity contribution is -0.177. The molecular formula is C40H57N3O4. The third kappa shape index (κ3) is 8.98. The molecule has 1 aromatic heterocycles. The second kappa shape index (κ2) is 15.3. The number of aliphatic hydroxyl groups is 1. The van der Waals surface area contributed by atoms with Crippen LogP contribution in [0.4, 0.5) is 0 Å². The minimum atomic E-state index is -0.684. The Morgan fingerprint density at radius 2 is 1.62 bits per heavy atom. The fourth-order valence-electron chi connectivity index (χ4n) is 8.26. The Morgan fingerprint density at radius 3 is 2.30 bits per heavy atom. The summed E-state index contributed by atoms with van der Waals surface area (Å²) in [6, 6.07) is 7.99. The van der Waals surface area contributed by atoms with Crippen molar-refractivity contribution in [2.75, 3.05) is 0 Å². The Labute approximate surface area is 282 Å². The van der Waals surface area contributed by atoms with Gasteiger partial charge in [0.1, 0.15) is 18.1 Å². The van der Waals surface area contributed by atoms with E-state index in [2.05, 4.69) is 57.1 Å². The average molecular weight is 644 g/mol. The lowest BCUT2D eigenvalue weighted by Gasteiger charge is -2.60. The van der Waals surface area contributed by atoms with E-state index < -0.39 is 5.60 Å². The van der Waals surface area contributed by atoms with E-state index in [0.717, 1.165) is 63.5 Å². The molecular weight excluding hydrogens is 586 g/mol. The SMILES string of the molecule is C/C(=C\CC/C(C)=C/CC[C@@H]1[C@@]2(C)CCC(=O)C(C)(C)[C@H]2CC[C@@]1(C)O)CC/C=C(\C)C(=O)OCc1cn(-c2ccc(C)cc2)nn1. The predicted molar refractivity (Wildman–Crippen MR) is 188 cm³/mol. The Balaban J connectivity index is 1.18. The molecule has 2 aliphatic carbocycles. The molecule has 0 aliphatic heterocycles. The van der Waals surface area contributed by atoms with Crippen molar-refractivity contribution in [3.8, 4) is 5.69 Å². The highest BCUT2D eigenvalue weighted by Gasteiger charge is 2.59. The van der Waals surface area contributed by atoms with Gasteiger partial charge in [-0.1, -0.05) is 73.1 Å². The number of nitrogens with zero attached hydrogens (tertiary/aromatic N) is 3. The number of Topliss-reactive ketones (excluding diaryl/α,β-unsaturated/α-hetero) is 1. The highest BCUT2D eigenvalue weighted by atomic mass is 16.5. The number of ketones is 1. The lowest BCUT2D eigenvalue weighted by atomic mass is 9.45. The van der Waals surface area contributed by atoms with Crippen molar-refractivity contribution in [2.45, 2.75) is 132 Å². The van der Waals surface area contributed by atoms with E-state index in [0.29, 0.717) is 29.4 Å². The molecule has 256 valence electrons. The molecule has 0 radical (unpaired) electrons. The van der Waals surface area contributed by atoms with Crippen molar-refractivity contribution >= 4 is 11.8 Å². The van der Waals surface area contributed by atoms with E-state index >= 15 is 0 Å². The molecule has 1 aromatic carbocycles. The minimum Gasteiger partial charge on any atom is -0.456 e. The molecule has 7 nitrogen and oxygen atoms in total. The number of benzene rings is 1.